The van der Waals surface area contributed by atoms with Crippen LogP contribution in [0.5, 0.6) is 0 Å². The maximum atomic E-state index is 11.4. The molecule has 0 aliphatic rings. The fourth-order valence-electron chi connectivity index (χ4n) is 0.921. The molecule has 90 valence electrons. The average Bonchev–Trinajstić information content (AvgIpc) is 2.89. The summed E-state index contributed by atoms with van der Waals surface area (Å²) in [5.41, 5.74) is 0. The lowest BCUT2D eigenvalue weighted by Crippen LogP contribution is -2.03. The molecule has 2 aromatic heterocycles. The van der Waals surface area contributed by atoms with Gasteiger partial charge in [0.1, 0.15) is 5.01 Å². The van der Waals surface area contributed by atoms with Crippen LogP contribution < -0.4 is 0 Å². The van der Waals surface area contributed by atoms with Crippen molar-refractivity contribution in [3.8, 4) is 0 Å². The van der Waals surface area contributed by atoms with Gasteiger partial charge in [-0.3, -0.25) is 0 Å². The maximum Gasteiger partial charge on any atom is 0.369 e. The highest BCUT2D eigenvalue weighted by atomic mass is 32.2. The molecule has 0 bridgehead atoms. The predicted octanol–water partition coefficient (Wildman–Crippen LogP) is 2.03. The SMILES string of the molecule is CCOC(=O)c1nnc(Sc2nnc(C)s2)s1. The minimum atomic E-state index is -0.440. The third-order valence-electron chi connectivity index (χ3n) is 1.54. The average molecular weight is 288 g/mol. The van der Waals surface area contributed by atoms with Crippen molar-refractivity contribution in [3.05, 3.63) is 10.0 Å². The topological polar surface area (TPSA) is 77.9 Å². The Morgan fingerprint density at radius 1 is 1.24 bits per heavy atom. The number of carbonyl (C=O) groups excluding carboxylic acids is 1. The Balaban J connectivity index is 2.06. The van der Waals surface area contributed by atoms with Crippen LogP contribution in [0.25, 0.3) is 0 Å². The summed E-state index contributed by atoms with van der Waals surface area (Å²) in [6, 6.07) is 0. The van der Waals surface area contributed by atoms with Crippen LogP contribution in [0.1, 0.15) is 21.7 Å². The second-order valence-electron chi connectivity index (χ2n) is 2.78. The van der Waals surface area contributed by atoms with E-state index in [9.17, 15) is 4.79 Å². The number of hydrogen-bond acceptors (Lipinski definition) is 9. The summed E-state index contributed by atoms with van der Waals surface area (Å²) in [5.74, 6) is -0.440. The summed E-state index contributed by atoms with van der Waals surface area (Å²) in [6.45, 7) is 3.96. The zero-order valence-electron chi connectivity index (χ0n) is 9.04. The van der Waals surface area contributed by atoms with E-state index in [0.717, 1.165) is 9.35 Å². The molecule has 0 saturated carbocycles. The molecule has 2 heterocycles. The Hall–Kier alpha value is -1.06. The molecule has 0 N–H and O–H groups in total. The number of esters is 1. The highest BCUT2D eigenvalue weighted by Crippen LogP contribution is 2.31. The van der Waals surface area contributed by atoms with Crippen molar-refractivity contribution >= 4 is 40.4 Å². The van der Waals surface area contributed by atoms with E-state index in [4.69, 9.17) is 4.74 Å². The van der Waals surface area contributed by atoms with Crippen molar-refractivity contribution in [2.45, 2.75) is 22.5 Å². The van der Waals surface area contributed by atoms with Gasteiger partial charge in [0, 0.05) is 0 Å². The van der Waals surface area contributed by atoms with E-state index >= 15 is 0 Å². The Kier molecular flexibility index (Phi) is 4.02. The van der Waals surface area contributed by atoms with E-state index in [1.165, 1.54) is 34.4 Å². The third-order valence-corrected chi connectivity index (χ3v) is 4.38. The second kappa shape index (κ2) is 5.52. The molecule has 0 unspecified atom stereocenters. The number of nitrogens with zero attached hydrogens (tertiary/aromatic N) is 4. The van der Waals surface area contributed by atoms with Crippen LogP contribution in [0.4, 0.5) is 0 Å². The molecule has 2 rings (SSSR count). The minimum absolute atomic E-state index is 0.260. The summed E-state index contributed by atoms with van der Waals surface area (Å²) in [6.07, 6.45) is 0. The van der Waals surface area contributed by atoms with Gasteiger partial charge in [0.2, 0.25) is 5.01 Å². The quantitative estimate of drug-likeness (QED) is 0.796. The van der Waals surface area contributed by atoms with Crippen LogP contribution in [0.15, 0.2) is 8.68 Å². The van der Waals surface area contributed by atoms with Gasteiger partial charge in [-0.25, -0.2) is 4.79 Å². The van der Waals surface area contributed by atoms with Gasteiger partial charge in [0.05, 0.1) is 6.61 Å². The molecule has 6 nitrogen and oxygen atoms in total. The summed E-state index contributed by atoms with van der Waals surface area (Å²) >= 11 is 4.01. The van der Waals surface area contributed by atoms with Crippen molar-refractivity contribution in [3.63, 3.8) is 0 Å². The highest BCUT2D eigenvalue weighted by molar-refractivity contribution is 8.02. The van der Waals surface area contributed by atoms with Gasteiger partial charge in [0.25, 0.3) is 0 Å². The van der Waals surface area contributed by atoms with Crippen molar-refractivity contribution in [1.82, 2.24) is 20.4 Å². The van der Waals surface area contributed by atoms with Gasteiger partial charge in [0.15, 0.2) is 8.68 Å². The van der Waals surface area contributed by atoms with Crippen LogP contribution in [0, 0.1) is 6.92 Å². The molecule has 0 aliphatic carbocycles. The molecule has 0 atom stereocenters. The molecule has 17 heavy (non-hydrogen) atoms. The van der Waals surface area contributed by atoms with Gasteiger partial charge in [-0.15, -0.1) is 20.4 Å². The largest absolute Gasteiger partial charge is 0.461 e. The predicted molar refractivity (Wildman–Crippen MR) is 64.6 cm³/mol. The zero-order chi connectivity index (χ0) is 12.3. The molecular weight excluding hydrogens is 280 g/mol. The van der Waals surface area contributed by atoms with Gasteiger partial charge in [-0.05, 0) is 25.6 Å². The number of carbonyl (C=O) groups is 1. The Morgan fingerprint density at radius 3 is 2.59 bits per heavy atom. The third kappa shape index (κ3) is 3.20. The van der Waals surface area contributed by atoms with E-state index in [-0.39, 0.29) is 5.01 Å². The van der Waals surface area contributed by atoms with E-state index in [2.05, 4.69) is 20.4 Å². The first-order valence-electron chi connectivity index (χ1n) is 4.67. The monoisotopic (exact) mass is 288 g/mol. The molecule has 0 spiro atoms. The first-order chi connectivity index (χ1) is 8.19. The van der Waals surface area contributed by atoms with Gasteiger partial charge in [-0.1, -0.05) is 22.7 Å². The summed E-state index contributed by atoms with van der Waals surface area (Å²) in [5, 5.41) is 16.7. The van der Waals surface area contributed by atoms with Crippen molar-refractivity contribution < 1.29 is 9.53 Å². The van der Waals surface area contributed by atoms with Crippen LogP contribution in [-0.4, -0.2) is 33.0 Å². The number of aromatic nitrogens is 4. The fraction of sp³-hybridized carbons (Fsp3) is 0.375. The molecule has 0 fully saturated rings. The van der Waals surface area contributed by atoms with Crippen LogP contribution in [-0.2, 0) is 4.74 Å². The molecule has 0 amide bonds. The van der Waals surface area contributed by atoms with E-state index in [1.807, 2.05) is 6.92 Å². The van der Waals surface area contributed by atoms with Crippen LogP contribution in [0.2, 0.25) is 0 Å². The van der Waals surface area contributed by atoms with Gasteiger partial charge < -0.3 is 4.74 Å². The van der Waals surface area contributed by atoms with E-state index in [0.29, 0.717) is 10.9 Å². The molecule has 0 aliphatic heterocycles. The molecule has 0 saturated heterocycles. The van der Waals surface area contributed by atoms with Crippen LogP contribution >= 0.6 is 34.4 Å². The first kappa shape index (κ1) is 12.4. The number of ether oxygens (including phenoxy) is 1. The Bertz CT molecular complexity index is 524. The number of aryl methyl sites for hydroxylation is 1. The van der Waals surface area contributed by atoms with Crippen molar-refractivity contribution in [1.29, 1.82) is 0 Å². The highest BCUT2D eigenvalue weighted by Gasteiger charge is 2.15. The second-order valence-corrected chi connectivity index (χ2v) is 6.44. The van der Waals surface area contributed by atoms with Gasteiger partial charge in [-0.2, -0.15) is 0 Å². The lowest BCUT2D eigenvalue weighted by molar-refractivity contribution is 0.0525. The summed E-state index contributed by atoms with van der Waals surface area (Å²) < 4.78 is 6.27. The normalized spacial score (nSPS) is 10.5. The van der Waals surface area contributed by atoms with Gasteiger partial charge >= 0.3 is 5.97 Å². The Labute approximate surface area is 109 Å². The number of hydrogen-bond donors (Lipinski definition) is 0. The van der Waals surface area contributed by atoms with Crippen LogP contribution in [0.3, 0.4) is 0 Å². The van der Waals surface area contributed by atoms with E-state index in [1.54, 1.807) is 6.92 Å². The fourth-order valence-corrected chi connectivity index (χ4v) is 3.68. The maximum absolute atomic E-state index is 11.4. The molecule has 2 aromatic rings. The van der Waals surface area contributed by atoms with E-state index < -0.39 is 5.97 Å². The van der Waals surface area contributed by atoms with Crippen molar-refractivity contribution in [2.75, 3.05) is 6.61 Å². The number of rotatable bonds is 4. The zero-order valence-corrected chi connectivity index (χ0v) is 11.5. The Morgan fingerprint density at radius 2 is 1.94 bits per heavy atom. The van der Waals surface area contributed by atoms with Crippen molar-refractivity contribution in [2.24, 2.45) is 0 Å². The molecule has 0 aromatic carbocycles. The minimum Gasteiger partial charge on any atom is -0.461 e. The lowest BCUT2D eigenvalue weighted by atomic mass is 10.7. The summed E-state index contributed by atoms with van der Waals surface area (Å²) in [7, 11) is 0. The lowest BCUT2D eigenvalue weighted by Gasteiger charge is -1.94. The first-order valence-corrected chi connectivity index (χ1v) is 7.12. The molecular formula is C8H8N4O2S3. The molecule has 9 heteroatoms. The smallest absolute Gasteiger partial charge is 0.369 e. The molecule has 0 radical (unpaired) electrons. The summed E-state index contributed by atoms with van der Waals surface area (Å²) in [4.78, 5) is 11.4. The standard InChI is InChI=1S/C8H8N4O2S3/c1-3-14-6(13)5-10-12-8(16-5)17-7-11-9-4(2)15-7/h3H2,1-2H3.